The minimum absolute atomic E-state index is 0.192. The summed E-state index contributed by atoms with van der Waals surface area (Å²) in [5.41, 5.74) is 5.93. The molecular weight excluding hydrogens is 340 g/mol. The Bertz CT molecular complexity index is 673. The van der Waals surface area contributed by atoms with Crippen LogP contribution in [0.4, 0.5) is 0 Å². The number of ether oxygens (including phenoxy) is 1. The van der Waals surface area contributed by atoms with Crippen LogP contribution in [-0.2, 0) is 14.6 Å². The Morgan fingerprint density at radius 3 is 2.56 bits per heavy atom. The molecule has 0 spiro atoms. The van der Waals surface area contributed by atoms with Crippen molar-refractivity contribution in [2.45, 2.75) is 56.0 Å². The molecule has 25 heavy (non-hydrogen) atoms. The second kappa shape index (κ2) is 8.67. The molecule has 1 fully saturated rings. The van der Waals surface area contributed by atoms with Crippen molar-refractivity contribution in [2.24, 2.45) is 5.73 Å². The molecule has 2 rings (SSSR count). The molecule has 0 bridgehead atoms. The first-order chi connectivity index (χ1) is 11.8. The summed E-state index contributed by atoms with van der Waals surface area (Å²) in [5.74, 6) is 0.828. The lowest BCUT2D eigenvalue weighted by Gasteiger charge is -2.36. The highest BCUT2D eigenvalue weighted by atomic mass is 32.2. The zero-order chi connectivity index (χ0) is 18.4. The molecule has 0 unspecified atom stereocenters. The highest BCUT2D eigenvalue weighted by Crippen LogP contribution is 2.18. The Balaban J connectivity index is 1.67. The minimum atomic E-state index is -3.18. The molecule has 2 N–H and O–H groups in total. The fourth-order valence-electron chi connectivity index (χ4n) is 3.07. The van der Waals surface area contributed by atoms with E-state index in [1.165, 1.54) is 18.4 Å². The summed E-state index contributed by atoms with van der Waals surface area (Å²) < 4.78 is 28.4. The monoisotopic (exact) mass is 368 g/mol. The molecule has 2 atom stereocenters. The summed E-state index contributed by atoms with van der Waals surface area (Å²) >= 11 is 0. The molecule has 7 heteroatoms. The third kappa shape index (κ3) is 6.01. The molecule has 0 radical (unpaired) electrons. The van der Waals surface area contributed by atoms with Gasteiger partial charge in [0.1, 0.15) is 5.75 Å². The second-order valence-corrected chi connectivity index (χ2v) is 8.79. The number of unbranched alkanes of at least 4 members (excludes halogenated alkanes) is 1. The van der Waals surface area contributed by atoms with Gasteiger partial charge in [-0.15, -0.1) is 0 Å². The maximum atomic E-state index is 12.3. The molecule has 1 aromatic rings. The molecule has 0 aromatic heterocycles. The highest BCUT2D eigenvalue weighted by Gasteiger charge is 2.26. The number of carbonyl (C=O) groups is 1. The van der Waals surface area contributed by atoms with Crippen LogP contribution in [0.15, 0.2) is 29.2 Å². The first-order valence-electron chi connectivity index (χ1n) is 8.75. The maximum absolute atomic E-state index is 12.3. The smallest absolute Gasteiger partial charge is 0.222 e. The number of nitrogens with two attached hydrogens (primary N) is 1. The maximum Gasteiger partial charge on any atom is 0.222 e. The Hall–Kier alpha value is -1.60. The number of carbonyl (C=O) groups excluding carboxylic acids is 1. The number of rotatable bonds is 7. The van der Waals surface area contributed by atoms with E-state index in [0.29, 0.717) is 18.8 Å². The predicted octanol–water partition coefficient (Wildman–Crippen LogP) is 1.98. The largest absolute Gasteiger partial charge is 0.494 e. The van der Waals surface area contributed by atoms with Gasteiger partial charge in [0.05, 0.1) is 11.5 Å². The van der Waals surface area contributed by atoms with Gasteiger partial charge in [-0.05, 0) is 56.9 Å². The van der Waals surface area contributed by atoms with Gasteiger partial charge in [0.25, 0.3) is 0 Å². The number of sulfone groups is 1. The normalized spacial score (nSPS) is 21.2. The Morgan fingerprint density at radius 1 is 1.28 bits per heavy atom. The quantitative estimate of drug-likeness (QED) is 0.743. The lowest BCUT2D eigenvalue weighted by molar-refractivity contribution is -0.134. The lowest BCUT2D eigenvalue weighted by Crippen LogP contribution is -2.48. The third-order valence-electron chi connectivity index (χ3n) is 4.54. The van der Waals surface area contributed by atoms with E-state index < -0.39 is 9.84 Å². The van der Waals surface area contributed by atoms with Crippen LogP contribution in [0.1, 0.15) is 39.0 Å². The predicted molar refractivity (Wildman–Crippen MR) is 97.3 cm³/mol. The number of hydrogen-bond donors (Lipinski definition) is 1. The van der Waals surface area contributed by atoms with E-state index in [9.17, 15) is 13.2 Å². The number of likely N-dealkylation sites (tertiary alicyclic amines) is 1. The molecule has 1 aliphatic rings. The summed E-state index contributed by atoms with van der Waals surface area (Å²) in [6, 6.07) is 6.82. The van der Waals surface area contributed by atoms with Gasteiger partial charge in [-0.25, -0.2) is 8.42 Å². The number of benzene rings is 1. The summed E-state index contributed by atoms with van der Waals surface area (Å²) in [6.07, 6.45) is 5.00. The third-order valence-corrected chi connectivity index (χ3v) is 5.67. The molecule has 6 nitrogen and oxygen atoms in total. The molecule has 0 saturated carbocycles. The standard InChI is InChI=1S/C18H28N2O4S/c1-14-13-15(19)10-11-20(14)18(21)5-3-4-12-24-16-6-8-17(9-7-16)25(2,22)23/h6-9,14-15H,3-5,10-13,19H2,1-2H3/t14-,15+/m1/s1. The first kappa shape index (κ1) is 19.7. The van der Waals surface area contributed by atoms with Gasteiger partial charge in [-0.2, -0.15) is 0 Å². The molecule has 1 aromatic carbocycles. The molecule has 1 saturated heterocycles. The average molecular weight is 368 g/mol. The Kier molecular flexibility index (Phi) is 6.84. The van der Waals surface area contributed by atoms with Gasteiger partial charge in [-0.3, -0.25) is 4.79 Å². The molecule has 1 aliphatic heterocycles. The van der Waals surface area contributed by atoms with Crippen molar-refractivity contribution >= 4 is 15.7 Å². The van der Waals surface area contributed by atoms with Crippen molar-refractivity contribution in [1.82, 2.24) is 4.90 Å². The van der Waals surface area contributed by atoms with E-state index in [1.54, 1.807) is 12.1 Å². The van der Waals surface area contributed by atoms with Gasteiger partial charge in [0.2, 0.25) is 5.91 Å². The molecular formula is C18H28N2O4S. The van der Waals surface area contributed by atoms with Crippen LogP contribution in [0.2, 0.25) is 0 Å². The van der Waals surface area contributed by atoms with Gasteiger partial charge in [0.15, 0.2) is 9.84 Å². The zero-order valence-electron chi connectivity index (χ0n) is 15.0. The van der Waals surface area contributed by atoms with Crippen LogP contribution in [0.3, 0.4) is 0 Å². The number of piperidine rings is 1. The van der Waals surface area contributed by atoms with Crippen LogP contribution in [0, 0.1) is 0 Å². The van der Waals surface area contributed by atoms with E-state index in [0.717, 1.165) is 32.2 Å². The van der Waals surface area contributed by atoms with Gasteiger partial charge in [0, 0.05) is 31.3 Å². The van der Waals surface area contributed by atoms with Crippen molar-refractivity contribution in [3.05, 3.63) is 24.3 Å². The van der Waals surface area contributed by atoms with Crippen LogP contribution in [-0.4, -0.2) is 50.7 Å². The van der Waals surface area contributed by atoms with Crippen LogP contribution in [0.25, 0.3) is 0 Å². The number of nitrogens with zero attached hydrogens (tertiary/aromatic N) is 1. The van der Waals surface area contributed by atoms with Gasteiger partial charge < -0.3 is 15.4 Å². The number of amides is 1. The van der Waals surface area contributed by atoms with Gasteiger partial charge >= 0.3 is 0 Å². The number of hydrogen-bond acceptors (Lipinski definition) is 5. The topological polar surface area (TPSA) is 89.7 Å². The lowest BCUT2D eigenvalue weighted by atomic mass is 9.98. The van der Waals surface area contributed by atoms with Crippen LogP contribution in [0.5, 0.6) is 5.75 Å². The fraction of sp³-hybridized carbons (Fsp3) is 0.611. The van der Waals surface area contributed by atoms with Gasteiger partial charge in [-0.1, -0.05) is 0 Å². The van der Waals surface area contributed by atoms with Crippen LogP contribution >= 0.6 is 0 Å². The Morgan fingerprint density at radius 2 is 1.96 bits per heavy atom. The van der Waals surface area contributed by atoms with Crippen molar-refractivity contribution < 1.29 is 17.9 Å². The average Bonchev–Trinajstić information content (AvgIpc) is 2.54. The fourth-order valence-corrected chi connectivity index (χ4v) is 3.70. The Labute approximate surface area is 150 Å². The van der Waals surface area contributed by atoms with Crippen LogP contribution < -0.4 is 10.5 Å². The molecule has 1 amide bonds. The highest BCUT2D eigenvalue weighted by molar-refractivity contribution is 7.90. The first-order valence-corrected chi connectivity index (χ1v) is 10.6. The zero-order valence-corrected chi connectivity index (χ0v) is 15.8. The summed E-state index contributed by atoms with van der Waals surface area (Å²) in [7, 11) is -3.18. The molecule has 140 valence electrons. The van der Waals surface area contributed by atoms with Crippen molar-refractivity contribution in [1.29, 1.82) is 0 Å². The summed E-state index contributed by atoms with van der Waals surface area (Å²) in [4.78, 5) is 14.5. The molecule has 1 heterocycles. The van der Waals surface area contributed by atoms with Crippen molar-refractivity contribution in [2.75, 3.05) is 19.4 Å². The molecule has 0 aliphatic carbocycles. The van der Waals surface area contributed by atoms with E-state index in [1.807, 2.05) is 4.90 Å². The SMILES string of the molecule is C[C@@H]1C[C@@H](N)CCN1C(=O)CCCCOc1ccc(S(C)(=O)=O)cc1. The van der Waals surface area contributed by atoms with E-state index in [4.69, 9.17) is 10.5 Å². The van der Waals surface area contributed by atoms with E-state index in [-0.39, 0.29) is 22.9 Å². The van der Waals surface area contributed by atoms with Crippen molar-refractivity contribution in [3.8, 4) is 5.75 Å². The van der Waals surface area contributed by atoms with E-state index >= 15 is 0 Å². The minimum Gasteiger partial charge on any atom is -0.494 e. The summed E-state index contributed by atoms with van der Waals surface area (Å²) in [5, 5.41) is 0. The van der Waals surface area contributed by atoms with E-state index in [2.05, 4.69) is 6.92 Å². The summed E-state index contributed by atoms with van der Waals surface area (Å²) in [6.45, 7) is 3.32. The second-order valence-electron chi connectivity index (χ2n) is 6.77. The van der Waals surface area contributed by atoms with Crippen molar-refractivity contribution in [3.63, 3.8) is 0 Å².